The molecule has 0 aliphatic rings. The van der Waals surface area contributed by atoms with Gasteiger partial charge in [-0.2, -0.15) is 8.42 Å². The van der Waals surface area contributed by atoms with Gasteiger partial charge in [0.1, 0.15) is 0 Å². The third-order valence-corrected chi connectivity index (χ3v) is 5.49. The van der Waals surface area contributed by atoms with Crippen LogP contribution in [0.4, 0.5) is 11.5 Å². The van der Waals surface area contributed by atoms with E-state index >= 15 is 0 Å². The monoisotopic (exact) mass is 337 g/mol. The molecule has 0 aliphatic carbocycles. The molecule has 0 aromatic carbocycles. The summed E-state index contributed by atoms with van der Waals surface area (Å²) < 4.78 is 28.7. The van der Waals surface area contributed by atoms with E-state index in [1.165, 1.54) is 11.4 Å². The lowest BCUT2D eigenvalue weighted by molar-refractivity contribution is 0.529. The van der Waals surface area contributed by atoms with Crippen LogP contribution in [0.25, 0.3) is 0 Å². The van der Waals surface area contributed by atoms with Gasteiger partial charge in [0, 0.05) is 39.6 Å². The van der Waals surface area contributed by atoms with Gasteiger partial charge in [0.25, 0.3) is 10.0 Å². The lowest BCUT2D eigenvalue weighted by Crippen LogP contribution is -2.29. The van der Waals surface area contributed by atoms with Crippen LogP contribution in [0.1, 0.15) is 26.3 Å². The standard InChI is InChI=1S/C15H23N5O2S/c1-6-12(2)20-10-14(17-11-20)23(21,22)19(5)13-8-7-9-16-15(13)18(3)4/h7-12H,6H2,1-5H3/t12-/m1/s1. The van der Waals surface area contributed by atoms with Gasteiger partial charge in [-0.05, 0) is 25.5 Å². The van der Waals surface area contributed by atoms with Crippen molar-refractivity contribution in [3.63, 3.8) is 0 Å². The Labute approximate surface area is 137 Å². The number of aromatic nitrogens is 3. The van der Waals surface area contributed by atoms with Gasteiger partial charge >= 0.3 is 0 Å². The zero-order valence-electron chi connectivity index (χ0n) is 14.1. The van der Waals surface area contributed by atoms with E-state index in [4.69, 9.17) is 0 Å². The molecule has 1 atom stereocenters. The molecule has 0 saturated heterocycles. The maximum absolute atomic E-state index is 12.8. The number of sulfonamides is 1. The Morgan fingerprint density at radius 2 is 1.96 bits per heavy atom. The normalized spacial score (nSPS) is 12.9. The molecule has 0 amide bonds. The smallest absolute Gasteiger partial charge is 0.283 e. The Bertz CT molecular complexity index is 770. The molecular formula is C15H23N5O2S. The summed E-state index contributed by atoms with van der Waals surface area (Å²) >= 11 is 0. The Hall–Kier alpha value is -2.09. The number of rotatable bonds is 6. The first-order chi connectivity index (χ1) is 10.8. The quantitative estimate of drug-likeness (QED) is 0.807. The van der Waals surface area contributed by atoms with Gasteiger partial charge in [0.2, 0.25) is 0 Å². The molecule has 7 nitrogen and oxygen atoms in total. The minimum Gasteiger partial charge on any atom is -0.361 e. The number of anilines is 2. The van der Waals surface area contributed by atoms with Crippen LogP contribution < -0.4 is 9.21 Å². The molecule has 2 rings (SSSR count). The number of hydrogen-bond acceptors (Lipinski definition) is 5. The zero-order chi connectivity index (χ0) is 17.2. The van der Waals surface area contributed by atoms with Crippen LogP contribution in [-0.4, -0.2) is 44.1 Å². The van der Waals surface area contributed by atoms with Crippen molar-refractivity contribution in [1.82, 2.24) is 14.5 Å². The minimum absolute atomic E-state index is 0.0360. The van der Waals surface area contributed by atoms with Gasteiger partial charge < -0.3 is 9.47 Å². The third-order valence-electron chi connectivity index (χ3n) is 3.83. The molecule has 23 heavy (non-hydrogen) atoms. The van der Waals surface area contributed by atoms with Gasteiger partial charge in [-0.1, -0.05) is 6.92 Å². The highest BCUT2D eigenvalue weighted by Crippen LogP contribution is 2.28. The number of hydrogen-bond donors (Lipinski definition) is 0. The molecular weight excluding hydrogens is 314 g/mol. The van der Waals surface area contributed by atoms with Crippen LogP contribution in [0.5, 0.6) is 0 Å². The van der Waals surface area contributed by atoms with Crippen LogP contribution in [0.3, 0.4) is 0 Å². The molecule has 126 valence electrons. The van der Waals surface area contributed by atoms with Crippen LogP contribution >= 0.6 is 0 Å². The second-order valence-electron chi connectivity index (χ2n) is 5.63. The Kier molecular flexibility index (Phi) is 4.93. The molecule has 0 N–H and O–H groups in total. The van der Waals surface area contributed by atoms with Gasteiger partial charge in [-0.15, -0.1) is 0 Å². The molecule has 0 aliphatic heterocycles. The van der Waals surface area contributed by atoms with E-state index in [0.29, 0.717) is 11.5 Å². The van der Waals surface area contributed by atoms with E-state index in [1.807, 2.05) is 32.5 Å². The lowest BCUT2D eigenvalue weighted by Gasteiger charge is -2.23. The number of imidazole rings is 1. The maximum atomic E-state index is 12.8. The topological polar surface area (TPSA) is 71.3 Å². The highest BCUT2D eigenvalue weighted by atomic mass is 32.2. The van der Waals surface area contributed by atoms with Crippen molar-refractivity contribution in [1.29, 1.82) is 0 Å². The van der Waals surface area contributed by atoms with Crippen molar-refractivity contribution in [3.05, 3.63) is 30.9 Å². The van der Waals surface area contributed by atoms with Crippen molar-refractivity contribution in [2.75, 3.05) is 30.3 Å². The predicted molar refractivity (Wildman–Crippen MR) is 91.4 cm³/mol. The van der Waals surface area contributed by atoms with Crippen molar-refractivity contribution in [3.8, 4) is 0 Å². The molecule has 2 aromatic rings. The molecule has 0 radical (unpaired) electrons. The summed E-state index contributed by atoms with van der Waals surface area (Å²) in [5.41, 5.74) is 0.510. The van der Waals surface area contributed by atoms with Gasteiger partial charge in [-0.25, -0.2) is 9.97 Å². The first kappa shape index (κ1) is 17.3. The van der Waals surface area contributed by atoms with Gasteiger partial charge in [0.15, 0.2) is 10.8 Å². The number of pyridine rings is 1. The third kappa shape index (κ3) is 3.31. The zero-order valence-corrected chi connectivity index (χ0v) is 14.9. The van der Waals surface area contributed by atoms with Crippen LogP contribution in [0.2, 0.25) is 0 Å². The molecule has 8 heteroatoms. The van der Waals surface area contributed by atoms with Crippen molar-refractivity contribution < 1.29 is 8.42 Å². The Morgan fingerprint density at radius 1 is 1.26 bits per heavy atom. The van der Waals surface area contributed by atoms with Crippen LogP contribution in [-0.2, 0) is 10.0 Å². The second kappa shape index (κ2) is 6.57. The highest BCUT2D eigenvalue weighted by Gasteiger charge is 2.27. The van der Waals surface area contributed by atoms with E-state index < -0.39 is 10.0 Å². The SMILES string of the molecule is CC[C@@H](C)n1cnc(S(=O)(=O)N(C)c2cccnc2N(C)C)c1. The fourth-order valence-corrected chi connectivity index (χ4v) is 3.27. The largest absolute Gasteiger partial charge is 0.361 e. The van der Waals surface area contributed by atoms with Gasteiger partial charge in [-0.3, -0.25) is 4.31 Å². The summed E-state index contributed by atoms with van der Waals surface area (Å²) in [7, 11) is 1.43. The highest BCUT2D eigenvalue weighted by molar-refractivity contribution is 7.92. The van der Waals surface area contributed by atoms with E-state index in [9.17, 15) is 8.42 Å². The van der Waals surface area contributed by atoms with Crippen LogP contribution in [0, 0.1) is 0 Å². The molecule has 0 unspecified atom stereocenters. The fourth-order valence-electron chi connectivity index (χ4n) is 2.15. The molecule has 2 aromatic heterocycles. The second-order valence-corrected chi connectivity index (χ2v) is 7.55. The predicted octanol–water partition coefficient (Wildman–Crippen LogP) is 2.14. The van der Waals surface area contributed by atoms with Crippen molar-refractivity contribution in [2.24, 2.45) is 0 Å². The summed E-state index contributed by atoms with van der Waals surface area (Å²) in [6.45, 7) is 4.07. The summed E-state index contributed by atoms with van der Waals surface area (Å²) in [5, 5.41) is 0.0360. The van der Waals surface area contributed by atoms with E-state index in [1.54, 1.807) is 35.8 Å². The Balaban J connectivity index is 2.42. The molecule has 2 heterocycles. The lowest BCUT2D eigenvalue weighted by atomic mass is 10.3. The summed E-state index contributed by atoms with van der Waals surface area (Å²) in [5.74, 6) is 0.583. The molecule has 0 bridgehead atoms. The van der Waals surface area contributed by atoms with Crippen LogP contribution in [0.15, 0.2) is 35.9 Å². The summed E-state index contributed by atoms with van der Waals surface area (Å²) in [6, 6.07) is 3.64. The molecule has 0 spiro atoms. The van der Waals surface area contributed by atoms with Gasteiger partial charge in [0.05, 0.1) is 12.0 Å². The number of nitrogens with zero attached hydrogens (tertiary/aromatic N) is 5. The maximum Gasteiger partial charge on any atom is 0.283 e. The average Bonchev–Trinajstić information content (AvgIpc) is 3.04. The summed E-state index contributed by atoms with van der Waals surface area (Å²) in [6.07, 6.45) is 5.67. The van der Waals surface area contributed by atoms with E-state index in [-0.39, 0.29) is 11.1 Å². The first-order valence-electron chi connectivity index (χ1n) is 7.43. The van der Waals surface area contributed by atoms with E-state index in [2.05, 4.69) is 9.97 Å². The average molecular weight is 337 g/mol. The van der Waals surface area contributed by atoms with Crippen molar-refractivity contribution >= 4 is 21.5 Å². The minimum atomic E-state index is -3.73. The fraction of sp³-hybridized carbons (Fsp3) is 0.467. The van der Waals surface area contributed by atoms with E-state index in [0.717, 1.165) is 6.42 Å². The first-order valence-corrected chi connectivity index (χ1v) is 8.87. The molecule has 0 saturated carbocycles. The summed E-state index contributed by atoms with van der Waals surface area (Å²) in [4.78, 5) is 10.1. The molecule has 0 fully saturated rings. The Morgan fingerprint density at radius 3 is 2.57 bits per heavy atom. The van der Waals surface area contributed by atoms with Crippen molar-refractivity contribution in [2.45, 2.75) is 31.3 Å².